The lowest BCUT2D eigenvalue weighted by Gasteiger charge is -2.15. The SMILES string of the molecule is Cc1ccc2ccccc2c1C(Br)c1cc2c(s1)CCC2. The van der Waals surface area contributed by atoms with E-state index >= 15 is 0 Å². The Hall–Kier alpha value is -1.12. The first-order valence-corrected chi connectivity index (χ1v) is 9.21. The fourth-order valence-corrected chi connectivity index (χ4v) is 5.63. The highest BCUT2D eigenvalue weighted by Gasteiger charge is 2.22. The molecular formula is C19H17BrS. The molecule has 3 aromatic rings. The summed E-state index contributed by atoms with van der Waals surface area (Å²) in [5, 5.41) is 2.69. The monoisotopic (exact) mass is 356 g/mol. The summed E-state index contributed by atoms with van der Waals surface area (Å²) in [5.74, 6) is 0. The molecule has 0 fully saturated rings. The molecule has 0 radical (unpaired) electrons. The summed E-state index contributed by atoms with van der Waals surface area (Å²) in [6.45, 7) is 2.22. The van der Waals surface area contributed by atoms with Gasteiger partial charge in [0.1, 0.15) is 0 Å². The van der Waals surface area contributed by atoms with E-state index in [0.717, 1.165) is 0 Å². The standard InChI is InChI=1S/C19H17BrS/c1-12-9-10-13-5-2-3-7-15(13)18(12)19(20)17-11-14-6-4-8-16(14)21-17/h2-3,5,7,9-11,19H,4,6,8H2,1H3. The third-order valence-corrected chi connectivity index (χ3v) is 7.01. The number of thiophene rings is 1. The van der Waals surface area contributed by atoms with Gasteiger partial charge in [0.25, 0.3) is 0 Å². The van der Waals surface area contributed by atoms with E-state index in [4.69, 9.17) is 0 Å². The van der Waals surface area contributed by atoms with E-state index in [9.17, 15) is 0 Å². The number of hydrogen-bond acceptors (Lipinski definition) is 1. The number of alkyl halides is 1. The van der Waals surface area contributed by atoms with Gasteiger partial charge in [0.15, 0.2) is 0 Å². The maximum Gasteiger partial charge on any atom is 0.0746 e. The Balaban J connectivity index is 1.86. The second-order valence-corrected chi connectivity index (χ2v) is 7.91. The lowest BCUT2D eigenvalue weighted by Crippen LogP contribution is -1.95. The van der Waals surface area contributed by atoms with Crippen LogP contribution in [0, 0.1) is 6.92 Å². The molecule has 0 saturated carbocycles. The van der Waals surface area contributed by atoms with Crippen LogP contribution in [0.3, 0.4) is 0 Å². The van der Waals surface area contributed by atoms with Crippen molar-refractivity contribution < 1.29 is 0 Å². The molecule has 1 aliphatic carbocycles. The molecule has 0 aliphatic heterocycles. The van der Waals surface area contributed by atoms with Gasteiger partial charge in [0.2, 0.25) is 0 Å². The number of aryl methyl sites for hydroxylation is 3. The van der Waals surface area contributed by atoms with Crippen molar-refractivity contribution in [3.8, 4) is 0 Å². The van der Waals surface area contributed by atoms with Crippen LogP contribution in [0.5, 0.6) is 0 Å². The zero-order chi connectivity index (χ0) is 14.4. The van der Waals surface area contributed by atoms with Crippen LogP contribution in [0.2, 0.25) is 0 Å². The van der Waals surface area contributed by atoms with Gasteiger partial charge in [0, 0.05) is 9.75 Å². The smallest absolute Gasteiger partial charge is 0.0746 e. The van der Waals surface area contributed by atoms with Gasteiger partial charge in [-0.25, -0.2) is 0 Å². The zero-order valence-corrected chi connectivity index (χ0v) is 14.4. The Bertz CT molecular complexity index is 794. The summed E-state index contributed by atoms with van der Waals surface area (Å²) in [6.07, 6.45) is 3.87. The number of rotatable bonds is 2. The summed E-state index contributed by atoms with van der Waals surface area (Å²) in [6, 6.07) is 15.6. The summed E-state index contributed by atoms with van der Waals surface area (Å²) < 4.78 is 0. The minimum Gasteiger partial charge on any atom is -0.144 e. The molecule has 0 amide bonds. The van der Waals surface area contributed by atoms with Crippen molar-refractivity contribution >= 4 is 38.0 Å². The van der Waals surface area contributed by atoms with E-state index in [-0.39, 0.29) is 0 Å². The van der Waals surface area contributed by atoms with Crippen molar-refractivity contribution in [1.82, 2.24) is 0 Å². The van der Waals surface area contributed by atoms with Crippen LogP contribution in [0.4, 0.5) is 0 Å². The van der Waals surface area contributed by atoms with Gasteiger partial charge in [0.05, 0.1) is 4.83 Å². The van der Waals surface area contributed by atoms with Gasteiger partial charge in [-0.05, 0) is 59.7 Å². The van der Waals surface area contributed by atoms with E-state index in [0.29, 0.717) is 4.83 Å². The van der Waals surface area contributed by atoms with Gasteiger partial charge in [-0.3, -0.25) is 0 Å². The molecule has 2 aromatic carbocycles. The van der Waals surface area contributed by atoms with Crippen molar-refractivity contribution in [3.05, 3.63) is 68.9 Å². The minimum absolute atomic E-state index is 0.305. The molecular weight excluding hydrogens is 340 g/mol. The van der Waals surface area contributed by atoms with Gasteiger partial charge in [-0.1, -0.05) is 52.3 Å². The molecule has 1 atom stereocenters. The zero-order valence-electron chi connectivity index (χ0n) is 12.0. The average molecular weight is 357 g/mol. The Morgan fingerprint density at radius 3 is 2.81 bits per heavy atom. The molecule has 0 saturated heterocycles. The quantitative estimate of drug-likeness (QED) is 0.480. The molecule has 1 heterocycles. The average Bonchev–Trinajstić information content (AvgIpc) is 3.07. The third kappa shape index (κ3) is 2.25. The normalized spacial score (nSPS) is 15.3. The number of hydrogen-bond donors (Lipinski definition) is 0. The number of fused-ring (bicyclic) bond motifs is 2. The molecule has 0 bridgehead atoms. The van der Waals surface area contributed by atoms with Crippen LogP contribution in [-0.2, 0) is 12.8 Å². The molecule has 21 heavy (non-hydrogen) atoms. The van der Waals surface area contributed by atoms with Crippen molar-refractivity contribution in [2.75, 3.05) is 0 Å². The minimum atomic E-state index is 0.305. The predicted octanol–water partition coefficient (Wildman–Crippen LogP) is 6.18. The molecule has 1 unspecified atom stereocenters. The van der Waals surface area contributed by atoms with E-state index < -0.39 is 0 Å². The van der Waals surface area contributed by atoms with Crippen molar-refractivity contribution in [1.29, 1.82) is 0 Å². The van der Waals surface area contributed by atoms with Crippen LogP contribution >= 0.6 is 27.3 Å². The van der Waals surface area contributed by atoms with Gasteiger partial charge in [-0.2, -0.15) is 0 Å². The number of halogens is 1. The van der Waals surface area contributed by atoms with Crippen molar-refractivity contribution in [2.24, 2.45) is 0 Å². The highest BCUT2D eigenvalue weighted by atomic mass is 79.9. The Morgan fingerprint density at radius 2 is 1.95 bits per heavy atom. The van der Waals surface area contributed by atoms with Crippen LogP contribution in [0.25, 0.3) is 10.8 Å². The molecule has 0 N–H and O–H groups in total. The first-order chi connectivity index (χ1) is 10.2. The Morgan fingerprint density at radius 1 is 1.10 bits per heavy atom. The summed E-state index contributed by atoms with van der Waals surface area (Å²) in [7, 11) is 0. The highest BCUT2D eigenvalue weighted by molar-refractivity contribution is 9.09. The topological polar surface area (TPSA) is 0 Å². The van der Waals surface area contributed by atoms with E-state index in [1.807, 2.05) is 11.3 Å². The van der Waals surface area contributed by atoms with Crippen molar-refractivity contribution in [3.63, 3.8) is 0 Å². The Labute approximate surface area is 137 Å². The van der Waals surface area contributed by atoms with E-state index in [1.165, 1.54) is 46.0 Å². The van der Waals surface area contributed by atoms with Gasteiger partial charge < -0.3 is 0 Å². The molecule has 0 nitrogen and oxygen atoms in total. The first kappa shape index (κ1) is 13.5. The molecule has 0 spiro atoms. The van der Waals surface area contributed by atoms with Gasteiger partial charge >= 0.3 is 0 Å². The lowest BCUT2D eigenvalue weighted by atomic mass is 9.96. The predicted molar refractivity (Wildman–Crippen MR) is 95.8 cm³/mol. The second-order valence-electron chi connectivity index (χ2n) is 5.83. The summed E-state index contributed by atoms with van der Waals surface area (Å²) in [5.41, 5.74) is 4.37. The third-order valence-electron chi connectivity index (χ3n) is 4.46. The van der Waals surface area contributed by atoms with Crippen LogP contribution in [0.1, 0.15) is 37.7 Å². The Kier molecular flexibility index (Phi) is 3.39. The lowest BCUT2D eigenvalue weighted by molar-refractivity contribution is 0.913. The summed E-state index contributed by atoms with van der Waals surface area (Å²) >= 11 is 5.97. The largest absolute Gasteiger partial charge is 0.144 e. The molecule has 106 valence electrons. The fourth-order valence-electron chi connectivity index (χ4n) is 3.36. The molecule has 1 aliphatic rings. The molecule has 4 rings (SSSR count). The number of benzene rings is 2. The van der Waals surface area contributed by atoms with Crippen molar-refractivity contribution in [2.45, 2.75) is 31.0 Å². The summed E-state index contributed by atoms with van der Waals surface area (Å²) in [4.78, 5) is 3.37. The van der Waals surface area contributed by atoms with E-state index in [2.05, 4.69) is 65.3 Å². The first-order valence-electron chi connectivity index (χ1n) is 7.48. The maximum absolute atomic E-state index is 3.98. The second kappa shape index (κ2) is 5.26. The van der Waals surface area contributed by atoms with Crippen LogP contribution in [0.15, 0.2) is 42.5 Å². The van der Waals surface area contributed by atoms with Crippen LogP contribution < -0.4 is 0 Å². The van der Waals surface area contributed by atoms with Crippen LogP contribution in [-0.4, -0.2) is 0 Å². The van der Waals surface area contributed by atoms with Gasteiger partial charge in [-0.15, -0.1) is 11.3 Å². The maximum atomic E-state index is 3.98. The molecule has 2 heteroatoms. The molecule has 1 aromatic heterocycles. The van der Waals surface area contributed by atoms with E-state index in [1.54, 1.807) is 10.4 Å². The highest BCUT2D eigenvalue weighted by Crippen LogP contribution is 2.43. The fraction of sp³-hybridized carbons (Fsp3) is 0.263.